The first-order valence-corrected chi connectivity index (χ1v) is 4.93. The van der Waals surface area contributed by atoms with Gasteiger partial charge < -0.3 is 10.3 Å². The maximum absolute atomic E-state index is 11.6. The zero-order valence-electron chi connectivity index (χ0n) is 9.14. The van der Waals surface area contributed by atoms with Gasteiger partial charge in [-0.1, -0.05) is 0 Å². The third-order valence-electron chi connectivity index (χ3n) is 2.48. The molecule has 90 valence electrons. The molecule has 0 bridgehead atoms. The Kier molecular flexibility index (Phi) is 2.54. The van der Waals surface area contributed by atoms with Crippen molar-refractivity contribution >= 4 is 17.1 Å². The third-order valence-corrected chi connectivity index (χ3v) is 2.48. The van der Waals surface area contributed by atoms with Crippen molar-refractivity contribution in [2.45, 2.75) is 13.0 Å². The summed E-state index contributed by atoms with van der Waals surface area (Å²) in [7, 11) is 1.51. The number of aromatic nitrogens is 4. The molecule has 3 N–H and O–H groups in total. The van der Waals surface area contributed by atoms with Crippen molar-refractivity contribution in [2.75, 3.05) is 0 Å². The molecule has 0 unspecified atom stereocenters. The Bertz CT molecular complexity index is 693. The maximum atomic E-state index is 11.6. The molecule has 2 aromatic rings. The predicted molar refractivity (Wildman–Crippen MR) is 59.4 cm³/mol. The topological polar surface area (TPSA) is 116 Å². The standard InChI is InChI=1S/C9H11N5O3/c1-13-7-6(8(16)12-9(13)17)14(4-11-7)3-2-5(10)15/h4H,2-3H2,1H3,(H2,10,15)(H,12,16,17). The average molecular weight is 237 g/mol. The van der Waals surface area contributed by atoms with Crippen molar-refractivity contribution in [1.29, 1.82) is 0 Å². The zero-order chi connectivity index (χ0) is 12.6. The fourth-order valence-electron chi connectivity index (χ4n) is 1.59. The second-order valence-electron chi connectivity index (χ2n) is 3.64. The van der Waals surface area contributed by atoms with E-state index in [4.69, 9.17) is 5.73 Å². The van der Waals surface area contributed by atoms with Crippen LogP contribution < -0.4 is 17.0 Å². The van der Waals surface area contributed by atoms with E-state index in [-0.39, 0.29) is 24.1 Å². The van der Waals surface area contributed by atoms with Gasteiger partial charge in [-0.2, -0.15) is 0 Å². The van der Waals surface area contributed by atoms with Gasteiger partial charge in [-0.05, 0) is 0 Å². The van der Waals surface area contributed by atoms with Crippen LogP contribution in [-0.4, -0.2) is 25.0 Å². The third kappa shape index (κ3) is 1.84. The normalized spacial score (nSPS) is 10.9. The number of hydrogen-bond donors (Lipinski definition) is 2. The van der Waals surface area contributed by atoms with E-state index < -0.39 is 17.2 Å². The lowest BCUT2D eigenvalue weighted by Crippen LogP contribution is -2.29. The van der Waals surface area contributed by atoms with Gasteiger partial charge in [0.1, 0.15) is 0 Å². The van der Waals surface area contributed by atoms with Crippen LogP contribution in [0.4, 0.5) is 0 Å². The number of nitrogens with zero attached hydrogens (tertiary/aromatic N) is 3. The summed E-state index contributed by atoms with van der Waals surface area (Å²) in [4.78, 5) is 39.8. The molecular formula is C9H11N5O3. The minimum atomic E-state index is -0.525. The molecule has 17 heavy (non-hydrogen) atoms. The van der Waals surface area contributed by atoms with Gasteiger partial charge in [0.15, 0.2) is 11.2 Å². The van der Waals surface area contributed by atoms with E-state index in [1.165, 1.54) is 22.5 Å². The van der Waals surface area contributed by atoms with E-state index in [9.17, 15) is 14.4 Å². The molecule has 0 aliphatic heterocycles. The Morgan fingerprint density at radius 3 is 2.88 bits per heavy atom. The first-order chi connectivity index (χ1) is 8.00. The van der Waals surface area contributed by atoms with E-state index >= 15 is 0 Å². The van der Waals surface area contributed by atoms with Crippen molar-refractivity contribution in [3.63, 3.8) is 0 Å². The first kappa shape index (κ1) is 11.1. The summed E-state index contributed by atoms with van der Waals surface area (Å²) in [6.45, 7) is 0.257. The molecular weight excluding hydrogens is 226 g/mol. The molecule has 0 aliphatic carbocycles. The summed E-state index contributed by atoms with van der Waals surface area (Å²) in [5.74, 6) is -0.465. The number of fused-ring (bicyclic) bond motifs is 1. The van der Waals surface area contributed by atoms with Gasteiger partial charge in [0.05, 0.1) is 6.33 Å². The fraction of sp³-hybridized carbons (Fsp3) is 0.333. The lowest BCUT2D eigenvalue weighted by molar-refractivity contribution is -0.118. The van der Waals surface area contributed by atoms with Crippen molar-refractivity contribution in [3.8, 4) is 0 Å². The van der Waals surface area contributed by atoms with Crippen LogP contribution in [-0.2, 0) is 18.4 Å². The molecule has 1 amide bonds. The van der Waals surface area contributed by atoms with Crippen molar-refractivity contribution < 1.29 is 4.79 Å². The molecule has 0 spiro atoms. The largest absolute Gasteiger partial charge is 0.370 e. The Morgan fingerprint density at radius 2 is 2.24 bits per heavy atom. The molecule has 0 saturated carbocycles. The average Bonchev–Trinajstić information content (AvgIpc) is 2.67. The summed E-state index contributed by atoms with van der Waals surface area (Å²) in [6, 6.07) is 0. The number of carbonyl (C=O) groups is 1. The summed E-state index contributed by atoms with van der Waals surface area (Å²) in [6.07, 6.45) is 1.51. The molecule has 0 fully saturated rings. The monoisotopic (exact) mass is 237 g/mol. The van der Waals surface area contributed by atoms with Crippen molar-refractivity contribution in [3.05, 3.63) is 27.2 Å². The van der Waals surface area contributed by atoms with Crippen LogP contribution in [0.5, 0.6) is 0 Å². The van der Waals surface area contributed by atoms with Crippen molar-refractivity contribution in [1.82, 2.24) is 19.1 Å². The predicted octanol–water partition coefficient (Wildman–Crippen LogP) is -1.70. The smallest absolute Gasteiger partial charge is 0.329 e. The van der Waals surface area contributed by atoms with E-state index in [1.54, 1.807) is 0 Å². The molecule has 2 heterocycles. The number of aryl methyl sites for hydroxylation is 2. The number of primary amides is 1. The van der Waals surface area contributed by atoms with Crippen LogP contribution in [0, 0.1) is 0 Å². The van der Waals surface area contributed by atoms with Crippen LogP contribution in [0.25, 0.3) is 11.2 Å². The highest BCUT2D eigenvalue weighted by molar-refractivity contribution is 5.74. The lowest BCUT2D eigenvalue weighted by Gasteiger charge is -2.02. The number of carbonyl (C=O) groups excluding carboxylic acids is 1. The Morgan fingerprint density at radius 1 is 1.53 bits per heavy atom. The highest BCUT2D eigenvalue weighted by Gasteiger charge is 2.11. The Balaban J connectivity index is 2.61. The molecule has 2 rings (SSSR count). The highest BCUT2D eigenvalue weighted by atomic mass is 16.2. The lowest BCUT2D eigenvalue weighted by atomic mass is 10.4. The highest BCUT2D eigenvalue weighted by Crippen LogP contribution is 2.05. The van der Waals surface area contributed by atoms with Gasteiger partial charge in [0.2, 0.25) is 5.91 Å². The minimum Gasteiger partial charge on any atom is -0.370 e. The van der Waals surface area contributed by atoms with Crippen LogP contribution in [0.3, 0.4) is 0 Å². The second-order valence-corrected chi connectivity index (χ2v) is 3.64. The fourth-order valence-corrected chi connectivity index (χ4v) is 1.59. The van der Waals surface area contributed by atoms with Crippen LogP contribution in [0.2, 0.25) is 0 Å². The first-order valence-electron chi connectivity index (χ1n) is 4.93. The minimum absolute atomic E-state index is 0.105. The number of hydrogen-bond acceptors (Lipinski definition) is 4. The van der Waals surface area contributed by atoms with Gasteiger partial charge in [-0.25, -0.2) is 9.78 Å². The molecule has 2 aromatic heterocycles. The molecule has 0 saturated heterocycles. The molecule has 0 radical (unpaired) electrons. The van der Waals surface area contributed by atoms with E-state index in [0.717, 1.165) is 0 Å². The summed E-state index contributed by atoms with van der Waals surface area (Å²) >= 11 is 0. The van der Waals surface area contributed by atoms with Gasteiger partial charge in [0, 0.05) is 20.0 Å². The number of H-pyrrole nitrogens is 1. The molecule has 0 atom stereocenters. The number of nitrogens with two attached hydrogens (primary N) is 1. The summed E-state index contributed by atoms with van der Waals surface area (Å²) < 4.78 is 2.73. The number of rotatable bonds is 3. The van der Waals surface area contributed by atoms with Crippen LogP contribution >= 0.6 is 0 Å². The van der Waals surface area contributed by atoms with Crippen LogP contribution in [0.15, 0.2) is 15.9 Å². The second kappa shape index (κ2) is 3.89. The number of imidazole rings is 1. The molecule has 8 nitrogen and oxygen atoms in total. The van der Waals surface area contributed by atoms with E-state index in [2.05, 4.69) is 9.97 Å². The summed E-state index contributed by atoms with van der Waals surface area (Å²) in [5.41, 5.74) is 4.52. The molecule has 0 aliphatic rings. The quantitative estimate of drug-likeness (QED) is 0.661. The SMILES string of the molecule is Cn1c(=O)[nH]c(=O)c2c1ncn2CCC(N)=O. The van der Waals surface area contributed by atoms with Crippen LogP contribution in [0.1, 0.15) is 6.42 Å². The molecule has 8 heteroatoms. The maximum Gasteiger partial charge on any atom is 0.329 e. The Hall–Kier alpha value is -2.38. The van der Waals surface area contributed by atoms with E-state index in [1.807, 2.05) is 0 Å². The zero-order valence-corrected chi connectivity index (χ0v) is 9.14. The Labute approximate surface area is 94.7 Å². The van der Waals surface area contributed by atoms with Gasteiger partial charge >= 0.3 is 5.69 Å². The summed E-state index contributed by atoms with van der Waals surface area (Å²) in [5, 5.41) is 0. The molecule has 0 aromatic carbocycles. The number of amides is 1. The van der Waals surface area contributed by atoms with E-state index in [0.29, 0.717) is 0 Å². The van der Waals surface area contributed by atoms with Gasteiger partial charge in [-0.3, -0.25) is 19.1 Å². The van der Waals surface area contributed by atoms with Crippen molar-refractivity contribution in [2.24, 2.45) is 12.8 Å². The van der Waals surface area contributed by atoms with Gasteiger partial charge in [-0.15, -0.1) is 0 Å². The van der Waals surface area contributed by atoms with Gasteiger partial charge in [0.25, 0.3) is 5.56 Å². The number of aromatic amines is 1. The number of nitrogens with one attached hydrogen (secondary N) is 1.